The van der Waals surface area contributed by atoms with Crippen molar-refractivity contribution in [2.24, 2.45) is 0 Å². The number of nitrogens with one attached hydrogen (secondary N) is 1. The van der Waals surface area contributed by atoms with Gasteiger partial charge in [0.05, 0.1) is 17.5 Å². The highest BCUT2D eigenvalue weighted by Crippen LogP contribution is 2.41. The standard InChI is InChI=1S/C26H24ClNO5/c1-16-4-2-3-5-17(16)10-12-28-25(29)18-6-8-19(9-7-18)33-24-15-23-21(14-22(24)27)20(26(30)31)11-13-32-23/h2-9,14-15,20H,10-13H2,1H3,(H,28,29)(H,30,31). The highest BCUT2D eigenvalue weighted by molar-refractivity contribution is 6.32. The van der Waals surface area contributed by atoms with Crippen molar-refractivity contribution in [2.45, 2.75) is 25.7 Å². The fourth-order valence-corrected chi connectivity index (χ4v) is 4.04. The van der Waals surface area contributed by atoms with Gasteiger partial charge in [0.2, 0.25) is 0 Å². The van der Waals surface area contributed by atoms with Gasteiger partial charge in [0, 0.05) is 23.7 Å². The number of benzene rings is 3. The maximum absolute atomic E-state index is 12.5. The summed E-state index contributed by atoms with van der Waals surface area (Å²) in [5, 5.41) is 12.6. The number of hydrogen-bond acceptors (Lipinski definition) is 4. The topological polar surface area (TPSA) is 84.9 Å². The minimum Gasteiger partial charge on any atom is -0.493 e. The van der Waals surface area contributed by atoms with E-state index in [1.165, 1.54) is 11.1 Å². The van der Waals surface area contributed by atoms with E-state index in [1.54, 1.807) is 36.4 Å². The first kappa shape index (κ1) is 22.7. The number of aliphatic carboxylic acids is 1. The third kappa shape index (κ3) is 5.29. The van der Waals surface area contributed by atoms with Gasteiger partial charge in [-0.15, -0.1) is 0 Å². The van der Waals surface area contributed by atoms with Crippen LogP contribution in [0.15, 0.2) is 60.7 Å². The van der Waals surface area contributed by atoms with Crippen molar-refractivity contribution in [2.75, 3.05) is 13.2 Å². The van der Waals surface area contributed by atoms with Gasteiger partial charge in [-0.05, 0) is 61.2 Å². The number of fused-ring (bicyclic) bond motifs is 1. The first-order valence-corrected chi connectivity index (χ1v) is 11.1. The highest BCUT2D eigenvalue weighted by atomic mass is 35.5. The number of carboxylic acids is 1. The Hall–Kier alpha value is -3.51. The molecule has 0 saturated heterocycles. The van der Waals surface area contributed by atoms with Gasteiger partial charge in [0.25, 0.3) is 5.91 Å². The number of rotatable bonds is 7. The summed E-state index contributed by atoms with van der Waals surface area (Å²) in [6.07, 6.45) is 1.16. The normalized spacial score (nSPS) is 14.7. The van der Waals surface area contributed by atoms with Crippen molar-refractivity contribution in [3.8, 4) is 17.2 Å². The molecule has 7 heteroatoms. The van der Waals surface area contributed by atoms with Crippen molar-refractivity contribution in [1.82, 2.24) is 5.32 Å². The monoisotopic (exact) mass is 465 g/mol. The van der Waals surface area contributed by atoms with Crippen molar-refractivity contribution >= 4 is 23.5 Å². The zero-order valence-corrected chi connectivity index (χ0v) is 18.9. The largest absolute Gasteiger partial charge is 0.493 e. The van der Waals surface area contributed by atoms with Gasteiger partial charge in [-0.1, -0.05) is 35.9 Å². The van der Waals surface area contributed by atoms with Crippen LogP contribution < -0.4 is 14.8 Å². The Morgan fingerprint density at radius 1 is 1.15 bits per heavy atom. The smallest absolute Gasteiger partial charge is 0.311 e. The number of aryl methyl sites for hydroxylation is 1. The van der Waals surface area contributed by atoms with Crippen molar-refractivity contribution < 1.29 is 24.2 Å². The molecule has 1 aliphatic heterocycles. The van der Waals surface area contributed by atoms with Crippen molar-refractivity contribution in [3.63, 3.8) is 0 Å². The molecule has 4 rings (SSSR count). The summed E-state index contributed by atoms with van der Waals surface area (Å²) in [6, 6.07) is 18.0. The molecule has 1 amide bonds. The van der Waals surface area contributed by atoms with Crippen molar-refractivity contribution in [3.05, 3.63) is 87.9 Å². The van der Waals surface area contributed by atoms with E-state index in [2.05, 4.69) is 24.4 Å². The fourth-order valence-electron chi connectivity index (χ4n) is 3.83. The van der Waals surface area contributed by atoms with Crippen LogP contribution in [0.4, 0.5) is 0 Å². The molecule has 0 fully saturated rings. The van der Waals surface area contributed by atoms with Gasteiger partial charge >= 0.3 is 5.97 Å². The molecule has 1 heterocycles. The third-order valence-electron chi connectivity index (χ3n) is 5.69. The molecule has 33 heavy (non-hydrogen) atoms. The third-order valence-corrected chi connectivity index (χ3v) is 5.98. The molecule has 0 aromatic heterocycles. The van der Waals surface area contributed by atoms with Gasteiger partial charge in [-0.3, -0.25) is 9.59 Å². The molecule has 3 aromatic rings. The highest BCUT2D eigenvalue weighted by Gasteiger charge is 2.29. The van der Waals surface area contributed by atoms with E-state index in [1.807, 2.05) is 12.1 Å². The van der Waals surface area contributed by atoms with Crippen LogP contribution in [-0.4, -0.2) is 30.1 Å². The summed E-state index contributed by atoms with van der Waals surface area (Å²) in [5.41, 5.74) is 3.49. The minimum absolute atomic E-state index is 0.157. The van der Waals surface area contributed by atoms with Crippen LogP contribution in [0.5, 0.6) is 17.2 Å². The first-order valence-electron chi connectivity index (χ1n) is 10.7. The zero-order valence-electron chi connectivity index (χ0n) is 18.1. The maximum Gasteiger partial charge on any atom is 0.311 e. The summed E-state index contributed by atoms with van der Waals surface area (Å²) in [4.78, 5) is 23.9. The molecular weight excluding hydrogens is 442 g/mol. The molecule has 6 nitrogen and oxygen atoms in total. The summed E-state index contributed by atoms with van der Waals surface area (Å²) < 4.78 is 11.5. The van der Waals surface area contributed by atoms with Crippen LogP contribution >= 0.6 is 11.6 Å². The molecule has 3 aromatic carbocycles. The van der Waals surface area contributed by atoms with Gasteiger partial charge in [-0.25, -0.2) is 0 Å². The Kier molecular flexibility index (Phi) is 6.84. The number of halogens is 1. The summed E-state index contributed by atoms with van der Waals surface area (Å²) >= 11 is 6.34. The molecule has 0 saturated carbocycles. The van der Waals surface area contributed by atoms with Crippen LogP contribution in [0, 0.1) is 6.92 Å². The number of carboxylic acid groups (broad SMARTS) is 1. The maximum atomic E-state index is 12.5. The molecule has 0 bridgehead atoms. The Morgan fingerprint density at radius 2 is 1.91 bits per heavy atom. The lowest BCUT2D eigenvalue weighted by atomic mass is 9.93. The van der Waals surface area contributed by atoms with E-state index >= 15 is 0 Å². The Bertz CT molecular complexity index is 1180. The zero-order chi connectivity index (χ0) is 23.4. The lowest BCUT2D eigenvalue weighted by molar-refractivity contribution is -0.139. The number of carbonyl (C=O) groups excluding carboxylic acids is 1. The van der Waals surface area contributed by atoms with Crippen LogP contribution in [0.1, 0.15) is 39.4 Å². The number of carbonyl (C=O) groups is 2. The quantitative estimate of drug-likeness (QED) is 0.490. The average Bonchev–Trinajstić information content (AvgIpc) is 2.80. The van der Waals surface area contributed by atoms with Crippen LogP contribution in [-0.2, 0) is 11.2 Å². The van der Waals surface area contributed by atoms with Crippen LogP contribution in [0.2, 0.25) is 5.02 Å². The first-order chi connectivity index (χ1) is 15.9. The summed E-state index contributed by atoms with van der Waals surface area (Å²) in [6.45, 7) is 2.92. The molecule has 0 spiro atoms. The molecular formula is C26H24ClNO5. The Labute approximate surface area is 197 Å². The fraction of sp³-hybridized carbons (Fsp3) is 0.231. The summed E-state index contributed by atoms with van der Waals surface area (Å²) in [5.74, 6) is -0.399. The number of hydrogen-bond donors (Lipinski definition) is 2. The second kappa shape index (κ2) is 9.96. The molecule has 1 atom stereocenters. The van der Waals surface area contributed by atoms with E-state index in [-0.39, 0.29) is 5.91 Å². The van der Waals surface area contributed by atoms with E-state index < -0.39 is 11.9 Å². The number of ether oxygens (including phenoxy) is 2. The molecule has 2 N–H and O–H groups in total. The van der Waals surface area contributed by atoms with Crippen LogP contribution in [0.3, 0.4) is 0 Å². The van der Waals surface area contributed by atoms with Crippen LogP contribution in [0.25, 0.3) is 0 Å². The molecule has 1 unspecified atom stereocenters. The lowest BCUT2D eigenvalue weighted by Gasteiger charge is -2.24. The molecule has 0 radical (unpaired) electrons. The average molecular weight is 466 g/mol. The van der Waals surface area contributed by atoms with E-state index in [9.17, 15) is 14.7 Å². The van der Waals surface area contributed by atoms with Gasteiger partial charge in [-0.2, -0.15) is 0 Å². The molecule has 170 valence electrons. The predicted molar refractivity (Wildman–Crippen MR) is 126 cm³/mol. The second-order valence-corrected chi connectivity index (χ2v) is 8.31. The van der Waals surface area contributed by atoms with E-state index in [0.29, 0.717) is 53.0 Å². The van der Waals surface area contributed by atoms with E-state index in [0.717, 1.165) is 6.42 Å². The van der Waals surface area contributed by atoms with Crippen molar-refractivity contribution in [1.29, 1.82) is 0 Å². The minimum atomic E-state index is -0.906. The van der Waals surface area contributed by atoms with Gasteiger partial charge < -0.3 is 19.9 Å². The Balaban J connectivity index is 1.39. The molecule has 1 aliphatic rings. The Morgan fingerprint density at radius 3 is 2.64 bits per heavy atom. The lowest BCUT2D eigenvalue weighted by Crippen LogP contribution is -2.25. The summed E-state index contributed by atoms with van der Waals surface area (Å²) in [7, 11) is 0. The predicted octanol–water partition coefficient (Wildman–Crippen LogP) is 5.36. The molecule has 0 aliphatic carbocycles. The SMILES string of the molecule is Cc1ccccc1CCNC(=O)c1ccc(Oc2cc3c(cc2Cl)C(C(=O)O)CCO3)cc1. The van der Waals surface area contributed by atoms with Gasteiger partial charge in [0.1, 0.15) is 17.2 Å². The van der Waals surface area contributed by atoms with Gasteiger partial charge in [0.15, 0.2) is 0 Å². The van der Waals surface area contributed by atoms with E-state index in [4.69, 9.17) is 21.1 Å². The second-order valence-electron chi connectivity index (χ2n) is 7.91. The number of amides is 1.